The summed E-state index contributed by atoms with van der Waals surface area (Å²) >= 11 is 6.50. The molecular formula is C6H14N2S2. The maximum Gasteiger partial charge on any atom is 0.163 e. The number of nitrogens with one attached hydrogen (secondary N) is 1. The van der Waals surface area contributed by atoms with Gasteiger partial charge < -0.3 is 11.1 Å². The maximum atomic E-state index is 5.22. The van der Waals surface area contributed by atoms with Crippen LogP contribution in [0.25, 0.3) is 0 Å². The molecule has 0 aromatic heterocycles. The standard InChI is InChI=1S/C6H14N2S2/c1-10-5-3-2-4-8-6(7)9/h2-5H2,1H3,(H3,7,8,9). The lowest BCUT2D eigenvalue weighted by Crippen LogP contribution is -2.29. The van der Waals surface area contributed by atoms with E-state index in [1.807, 2.05) is 11.8 Å². The highest BCUT2D eigenvalue weighted by Gasteiger charge is 1.87. The fraction of sp³-hybridized carbons (Fsp3) is 0.833. The molecule has 0 aliphatic carbocycles. The summed E-state index contributed by atoms with van der Waals surface area (Å²) < 4.78 is 0. The lowest BCUT2D eigenvalue weighted by Gasteiger charge is -2.01. The molecule has 3 N–H and O–H groups in total. The summed E-state index contributed by atoms with van der Waals surface area (Å²) in [7, 11) is 0. The second-order valence-electron chi connectivity index (χ2n) is 1.99. The Morgan fingerprint density at radius 1 is 1.60 bits per heavy atom. The number of thioether (sulfide) groups is 1. The zero-order valence-electron chi connectivity index (χ0n) is 6.22. The van der Waals surface area contributed by atoms with E-state index < -0.39 is 0 Å². The molecule has 0 radical (unpaired) electrons. The second-order valence-corrected chi connectivity index (χ2v) is 3.42. The quantitative estimate of drug-likeness (QED) is 0.486. The number of rotatable bonds is 5. The van der Waals surface area contributed by atoms with Gasteiger partial charge in [-0.2, -0.15) is 11.8 Å². The molecule has 10 heavy (non-hydrogen) atoms. The average Bonchev–Trinajstić information content (AvgIpc) is 1.87. The van der Waals surface area contributed by atoms with Crippen molar-refractivity contribution in [3.8, 4) is 0 Å². The molecule has 60 valence electrons. The first-order chi connectivity index (χ1) is 4.77. The van der Waals surface area contributed by atoms with Crippen molar-refractivity contribution in [1.29, 1.82) is 0 Å². The van der Waals surface area contributed by atoms with Crippen molar-refractivity contribution in [2.75, 3.05) is 18.6 Å². The van der Waals surface area contributed by atoms with Gasteiger partial charge in [0.25, 0.3) is 0 Å². The molecule has 0 saturated heterocycles. The van der Waals surface area contributed by atoms with E-state index in [2.05, 4.69) is 23.8 Å². The van der Waals surface area contributed by atoms with Gasteiger partial charge in [-0.05, 0) is 37.1 Å². The summed E-state index contributed by atoms with van der Waals surface area (Å²) in [5, 5.41) is 3.31. The maximum absolute atomic E-state index is 5.22. The van der Waals surface area contributed by atoms with Gasteiger partial charge in [0, 0.05) is 6.54 Å². The molecule has 0 bridgehead atoms. The summed E-state index contributed by atoms with van der Waals surface area (Å²) in [4.78, 5) is 0. The molecule has 0 aliphatic rings. The lowest BCUT2D eigenvalue weighted by atomic mass is 10.3. The van der Waals surface area contributed by atoms with Crippen molar-refractivity contribution in [3.05, 3.63) is 0 Å². The van der Waals surface area contributed by atoms with Crippen LogP contribution in [0.3, 0.4) is 0 Å². The van der Waals surface area contributed by atoms with Crippen LogP contribution < -0.4 is 11.1 Å². The van der Waals surface area contributed by atoms with E-state index in [0.717, 1.165) is 13.0 Å². The van der Waals surface area contributed by atoms with Crippen LogP contribution in [0, 0.1) is 0 Å². The summed E-state index contributed by atoms with van der Waals surface area (Å²) in [6.07, 6.45) is 4.50. The number of unbranched alkanes of at least 4 members (excludes halogenated alkanes) is 1. The Balaban J connectivity index is 2.84. The number of hydrogen-bond acceptors (Lipinski definition) is 2. The largest absolute Gasteiger partial charge is 0.376 e. The minimum atomic E-state index is 0.407. The van der Waals surface area contributed by atoms with Crippen LogP contribution in [-0.4, -0.2) is 23.7 Å². The third kappa shape index (κ3) is 8.04. The van der Waals surface area contributed by atoms with Gasteiger partial charge in [0.15, 0.2) is 5.11 Å². The monoisotopic (exact) mass is 178 g/mol. The summed E-state index contributed by atoms with van der Waals surface area (Å²) in [5.41, 5.74) is 5.22. The van der Waals surface area contributed by atoms with Crippen molar-refractivity contribution in [2.45, 2.75) is 12.8 Å². The van der Waals surface area contributed by atoms with E-state index >= 15 is 0 Å². The Morgan fingerprint density at radius 3 is 2.80 bits per heavy atom. The third-order valence-corrected chi connectivity index (χ3v) is 1.92. The second kappa shape index (κ2) is 7.15. The first-order valence-electron chi connectivity index (χ1n) is 3.29. The molecule has 0 unspecified atom stereocenters. The summed E-state index contributed by atoms with van der Waals surface area (Å²) in [6, 6.07) is 0. The van der Waals surface area contributed by atoms with Gasteiger partial charge in [-0.25, -0.2) is 0 Å². The first kappa shape index (κ1) is 10.0. The van der Waals surface area contributed by atoms with Gasteiger partial charge in [-0.15, -0.1) is 0 Å². The van der Waals surface area contributed by atoms with Gasteiger partial charge in [0.2, 0.25) is 0 Å². The third-order valence-electron chi connectivity index (χ3n) is 1.07. The topological polar surface area (TPSA) is 38.0 Å². The molecule has 4 heteroatoms. The normalized spacial score (nSPS) is 9.30. The van der Waals surface area contributed by atoms with Gasteiger partial charge in [-0.3, -0.25) is 0 Å². The molecule has 0 spiro atoms. The molecule has 0 aromatic carbocycles. The smallest absolute Gasteiger partial charge is 0.163 e. The van der Waals surface area contributed by atoms with Crippen LogP contribution in [0.2, 0.25) is 0 Å². The van der Waals surface area contributed by atoms with Crippen molar-refractivity contribution < 1.29 is 0 Å². The Hall–Kier alpha value is 0.0400. The van der Waals surface area contributed by atoms with Crippen LogP contribution in [-0.2, 0) is 0 Å². The fourth-order valence-electron chi connectivity index (χ4n) is 0.583. The average molecular weight is 178 g/mol. The highest BCUT2D eigenvalue weighted by atomic mass is 32.2. The number of nitrogens with two attached hydrogens (primary N) is 1. The summed E-state index contributed by atoms with van der Waals surface area (Å²) in [5.74, 6) is 1.22. The van der Waals surface area contributed by atoms with Crippen molar-refractivity contribution in [2.24, 2.45) is 5.73 Å². The first-order valence-corrected chi connectivity index (χ1v) is 5.10. The van der Waals surface area contributed by atoms with E-state index in [4.69, 9.17) is 5.73 Å². The predicted molar refractivity (Wildman–Crippen MR) is 52.4 cm³/mol. The number of thiocarbonyl (C=S) groups is 1. The van der Waals surface area contributed by atoms with Gasteiger partial charge >= 0.3 is 0 Å². The minimum Gasteiger partial charge on any atom is -0.376 e. The Labute approximate surface area is 71.9 Å². The van der Waals surface area contributed by atoms with E-state index in [0.29, 0.717) is 5.11 Å². The van der Waals surface area contributed by atoms with Crippen molar-refractivity contribution in [1.82, 2.24) is 5.32 Å². The van der Waals surface area contributed by atoms with Gasteiger partial charge in [0.1, 0.15) is 0 Å². The van der Waals surface area contributed by atoms with Crippen LogP contribution in [0.15, 0.2) is 0 Å². The molecule has 0 amide bonds. The summed E-state index contributed by atoms with van der Waals surface area (Å²) in [6.45, 7) is 0.913. The van der Waals surface area contributed by atoms with Crippen molar-refractivity contribution in [3.63, 3.8) is 0 Å². The zero-order valence-corrected chi connectivity index (χ0v) is 7.86. The molecule has 0 aliphatic heterocycles. The van der Waals surface area contributed by atoms with Crippen LogP contribution in [0.4, 0.5) is 0 Å². The molecule has 2 nitrogen and oxygen atoms in total. The SMILES string of the molecule is CSCCCCNC(N)=S. The lowest BCUT2D eigenvalue weighted by molar-refractivity contribution is 0.762. The Bertz CT molecular complexity index is 95.7. The molecule has 0 aromatic rings. The molecular weight excluding hydrogens is 164 g/mol. The molecule has 0 heterocycles. The van der Waals surface area contributed by atoms with Crippen LogP contribution >= 0.6 is 24.0 Å². The molecule has 0 atom stereocenters. The van der Waals surface area contributed by atoms with Gasteiger partial charge in [-0.1, -0.05) is 0 Å². The minimum absolute atomic E-state index is 0.407. The highest BCUT2D eigenvalue weighted by Crippen LogP contribution is 1.97. The van der Waals surface area contributed by atoms with E-state index in [-0.39, 0.29) is 0 Å². The molecule has 0 rings (SSSR count). The fourth-order valence-corrected chi connectivity index (χ4v) is 1.18. The zero-order chi connectivity index (χ0) is 7.82. The van der Waals surface area contributed by atoms with Crippen LogP contribution in [0.5, 0.6) is 0 Å². The van der Waals surface area contributed by atoms with Crippen LogP contribution in [0.1, 0.15) is 12.8 Å². The predicted octanol–water partition coefficient (Wildman–Crippen LogP) is 0.963. The van der Waals surface area contributed by atoms with E-state index in [9.17, 15) is 0 Å². The van der Waals surface area contributed by atoms with E-state index in [1.54, 1.807) is 0 Å². The Kier molecular flexibility index (Phi) is 7.18. The molecule has 0 saturated carbocycles. The Morgan fingerprint density at radius 2 is 2.30 bits per heavy atom. The molecule has 0 fully saturated rings. The van der Waals surface area contributed by atoms with Gasteiger partial charge in [0.05, 0.1) is 0 Å². The highest BCUT2D eigenvalue weighted by molar-refractivity contribution is 7.98. The van der Waals surface area contributed by atoms with E-state index in [1.165, 1.54) is 12.2 Å². The number of hydrogen-bond donors (Lipinski definition) is 2. The van der Waals surface area contributed by atoms with Crippen molar-refractivity contribution >= 4 is 29.1 Å².